The lowest BCUT2D eigenvalue weighted by Crippen LogP contribution is -2.33. The number of benzene rings is 3. The molecule has 198 valence electrons. The first-order chi connectivity index (χ1) is 18.9. The highest BCUT2D eigenvalue weighted by molar-refractivity contribution is 7.99. The van der Waals surface area contributed by atoms with Gasteiger partial charge in [0.2, 0.25) is 0 Å². The minimum Gasteiger partial charge on any atom is -0.452 e. The van der Waals surface area contributed by atoms with E-state index in [2.05, 4.69) is 20.8 Å². The van der Waals surface area contributed by atoms with Crippen LogP contribution in [0.3, 0.4) is 0 Å². The van der Waals surface area contributed by atoms with Gasteiger partial charge in [0.1, 0.15) is 0 Å². The number of rotatable bonds is 5. The van der Waals surface area contributed by atoms with E-state index in [1.54, 1.807) is 16.7 Å². The van der Waals surface area contributed by atoms with Crippen molar-refractivity contribution in [2.45, 2.75) is 56.2 Å². The minimum absolute atomic E-state index is 0.160. The number of nitrogens with zero attached hydrogens (tertiary/aromatic N) is 2. The molecule has 1 aliphatic carbocycles. The Morgan fingerprint density at radius 3 is 2.31 bits per heavy atom. The van der Waals surface area contributed by atoms with Crippen LogP contribution in [0.15, 0.2) is 82.6 Å². The molecule has 1 unspecified atom stereocenters. The van der Waals surface area contributed by atoms with E-state index in [1.165, 1.54) is 0 Å². The normalized spacial score (nSPS) is 16.3. The lowest BCUT2D eigenvalue weighted by atomic mass is 9.68. The molecule has 0 bridgehead atoms. The largest absolute Gasteiger partial charge is 0.452 e. The van der Waals surface area contributed by atoms with Crippen molar-refractivity contribution in [1.29, 1.82) is 0 Å². The fourth-order valence-electron chi connectivity index (χ4n) is 5.81. The van der Waals surface area contributed by atoms with Crippen LogP contribution in [0.5, 0.6) is 0 Å². The maximum atomic E-state index is 13.8. The zero-order chi connectivity index (χ0) is 27.1. The minimum atomic E-state index is -0.457. The third-order valence-electron chi connectivity index (χ3n) is 8.49. The molecule has 1 amide bonds. The van der Waals surface area contributed by atoms with Gasteiger partial charge in [-0.2, -0.15) is 0 Å². The van der Waals surface area contributed by atoms with Gasteiger partial charge < -0.3 is 4.74 Å². The van der Waals surface area contributed by atoms with E-state index in [0.29, 0.717) is 11.5 Å². The number of carbonyl (C=O) groups is 2. The van der Waals surface area contributed by atoms with Crippen molar-refractivity contribution in [3.63, 3.8) is 0 Å². The number of esters is 1. The Balaban J connectivity index is 1.32. The summed E-state index contributed by atoms with van der Waals surface area (Å²) in [6, 6.07) is 23.4. The molecule has 1 aromatic heterocycles. The number of ether oxygens (including phenoxy) is 1. The lowest BCUT2D eigenvalue weighted by molar-refractivity contribution is -0.121. The molecule has 3 aromatic carbocycles. The molecule has 0 radical (unpaired) electrons. The third-order valence-corrected chi connectivity index (χ3v) is 9.62. The second-order valence-corrected chi connectivity index (χ2v) is 12.1. The summed E-state index contributed by atoms with van der Waals surface area (Å²) < 4.78 is 5.83. The van der Waals surface area contributed by atoms with Crippen LogP contribution in [0.2, 0.25) is 0 Å². The smallest absolute Gasteiger partial charge is 0.339 e. The molecule has 0 fully saturated rings. The van der Waals surface area contributed by atoms with Gasteiger partial charge in [-0.15, -0.1) is 0 Å². The predicted molar refractivity (Wildman–Crippen MR) is 156 cm³/mol. The Bertz CT molecular complexity index is 1550. The second kappa shape index (κ2) is 10.2. The monoisotopic (exact) mass is 536 g/mol. The van der Waals surface area contributed by atoms with Gasteiger partial charge in [0.25, 0.3) is 5.91 Å². The van der Waals surface area contributed by atoms with Gasteiger partial charge in [-0.05, 0) is 66.5 Å². The van der Waals surface area contributed by atoms with E-state index in [9.17, 15) is 9.59 Å². The summed E-state index contributed by atoms with van der Waals surface area (Å²) in [7, 11) is 0. The predicted octanol–water partition coefficient (Wildman–Crippen LogP) is 7.76. The van der Waals surface area contributed by atoms with E-state index in [0.717, 1.165) is 69.0 Å². The molecule has 1 aliphatic heterocycles. The van der Waals surface area contributed by atoms with E-state index < -0.39 is 5.97 Å². The number of amides is 1. The number of anilines is 2. The van der Waals surface area contributed by atoms with Crippen LogP contribution in [0, 0.1) is 11.3 Å². The Morgan fingerprint density at radius 1 is 0.974 bits per heavy atom. The van der Waals surface area contributed by atoms with Gasteiger partial charge >= 0.3 is 5.97 Å². The summed E-state index contributed by atoms with van der Waals surface area (Å²) in [4.78, 5) is 36.1. The van der Waals surface area contributed by atoms with Crippen molar-refractivity contribution in [3.05, 3.63) is 89.6 Å². The Morgan fingerprint density at radius 2 is 1.62 bits per heavy atom. The van der Waals surface area contributed by atoms with Crippen LogP contribution >= 0.6 is 11.8 Å². The SMILES string of the molecule is CCC(C)(C)C1CCc2nc3ccccc3c(C(=O)OCC(=O)N3c4ccccc4Sc4ccccc43)c2C1. The number of pyridine rings is 1. The van der Waals surface area contributed by atoms with Gasteiger partial charge in [0, 0.05) is 20.9 Å². The Kier molecular flexibility index (Phi) is 6.67. The molecule has 0 spiro atoms. The number of aromatic nitrogens is 1. The molecule has 39 heavy (non-hydrogen) atoms. The maximum Gasteiger partial charge on any atom is 0.339 e. The van der Waals surface area contributed by atoms with Crippen molar-refractivity contribution in [3.8, 4) is 0 Å². The summed E-state index contributed by atoms with van der Waals surface area (Å²) in [5.41, 5.74) is 5.08. The lowest BCUT2D eigenvalue weighted by Gasteiger charge is -2.37. The molecule has 0 saturated carbocycles. The van der Waals surface area contributed by atoms with E-state index in [-0.39, 0.29) is 17.9 Å². The van der Waals surface area contributed by atoms with Crippen molar-refractivity contribution >= 4 is 45.9 Å². The summed E-state index contributed by atoms with van der Waals surface area (Å²) in [5, 5.41) is 0.786. The van der Waals surface area contributed by atoms with Gasteiger partial charge in [-0.3, -0.25) is 14.7 Å². The average molecular weight is 537 g/mol. The highest BCUT2D eigenvalue weighted by Gasteiger charge is 2.35. The molecule has 2 aliphatic rings. The zero-order valence-electron chi connectivity index (χ0n) is 22.6. The fraction of sp³-hybridized carbons (Fsp3) is 0.303. The number of hydrogen-bond acceptors (Lipinski definition) is 5. The van der Waals surface area contributed by atoms with Crippen LogP contribution in [0.1, 0.15) is 55.2 Å². The first-order valence-corrected chi connectivity index (χ1v) is 14.5. The van der Waals surface area contributed by atoms with Crippen LogP contribution in [-0.4, -0.2) is 23.5 Å². The van der Waals surface area contributed by atoms with Gasteiger partial charge in [0.05, 0.1) is 22.5 Å². The third kappa shape index (κ3) is 4.61. The highest BCUT2D eigenvalue weighted by atomic mass is 32.2. The molecular formula is C33H32N2O3S. The van der Waals surface area contributed by atoms with Crippen LogP contribution in [0.4, 0.5) is 11.4 Å². The quantitative estimate of drug-likeness (QED) is 0.244. The highest BCUT2D eigenvalue weighted by Crippen LogP contribution is 2.48. The average Bonchev–Trinajstić information content (AvgIpc) is 2.96. The summed E-state index contributed by atoms with van der Waals surface area (Å²) in [6.45, 7) is 6.49. The molecule has 4 aromatic rings. The molecule has 1 atom stereocenters. The molecule has 6 rings (SSSR count). The number of carbonyl (C=O) groups excluding carboxylic acids is 2. The number of aryl methyl sites for hydroxylation is 1. The standard InChI is InChI=1S/C33H32N2O3S/c1-4-33(2,3)21-17-18-25-23(19-21)31(22-11-5-6-12-24(22)34-25)32(37)38-20-30(36)35-26-13-7-9-15-28(26)39-29-16-10-8-14-27(29)35/h5-16,21H,4,17-20H2,1-3H3. The molecule has 0 N–H and O–H groups in total. The van der Waals surface area contributed by atoms with Crippen LogP contribution in [-0.2, 0) is 22.4 Å². The van der Waals surface area contributed by atoms with Gasteiger partial charge in [0.15, 0.2) is 6.61 Å². The molecule has 6 heteroatoms. The van der Waals surface area contributed by atoms with E-state index >= 15 is 0 Å². The van der Waals surface area contributed by atoms with Gasteiger partial charge in [-0.1, -0.05) is 81.4 Å². The second-order valence-electron chi connectivity index (χ2n) is 11.1. The molecule has 0 saturated heterocycles. The first-order valence-electron chi connectivity index (χ1n) is 13.6. The summed E-state index contributed by atoms with van der Waals surface area (Å²) >= 11 is 1.64. The van der Waals surface area contributed by atoms with E-state index in [4.69, 9.17) is 9.72 Å². The maximum absolute atomic E-state index is 13.8. The van der Waals surface area contributed by atoms with Crippen LogP contribution < -0.4 is 4.90 Å². The van der Waals surface area contributed by atoms with Crippen molar-refractivity contribution in [1.82, 2.24) is 4.98 Å². The fourth-order valence-corrected chi connectivity index (χ4v) is 6.87. The zero-order valence-corrected chi connectivity index (χ0v) is 23.4. The van der Waals surface area contributed by atoms with Crippen molar-refractivity contribution in [2.75, 3.05) is 11.5 Å². The number of para-hydroxylation sites is 3. The Labute approximate surface area is 233 Å². The topological polar surface area (TPSA) is 59.5 Å². The molecule has 5 nitrogen and oxygen atoms in total. The van der Waals surface area contributed by atoms with Crippen molar-refractivity contribution in [2.24, 2.45) is 11.3 Å². The van der Waals surface area contributed by atoms with Crippen molar-refractivity contribution < 1.29 is 14.3 Å². The first kappa shape index (κ1) is 25.6. The van der Waals surface area contributed by atoms with E-state index in [1.807, 2.05) is 72.8 Å². The number of fused-ring (bicyclic) bond motifs is 4. The summed E-state index contributed by atoms with van der Waals surface area (Å²) in [6.07, 6.45) is 3.75. The van der Waals surface area contributed by atoms with Crippen LogP contribution in [0.25, 0.3) is 10.9 Å². The Hall–Kier alpha value is -3.64. The van der Waals surface area contributed by atoms with Gasteiger partial charge in [-0.25, -0.2) is 4.79 Å². The molecular weight excluding hydrogens is 504 g/mol. The summed E-state index contributed by atoms with van der Waals surface area (Å²) in [5.74, 6) is -0.285. The number of hydrogen-bond donors (Lipinski definition) is 0. The molecule has 2 heterocycles.